The summed E-state index contributed by atoms with van der Waals surface area (Å²) in [6.45, 7) is 5.59. The van der Waals surface area contributed by atoms with Crippen molar-refractivity contribution < 1.29 is 14.3 Å². The molecule has 0 aromatic heterocycles. The van der Waals surface area contributed by atoms with E-state index in [0.717, 1.165) is 5.56 Å². The summed E-state index contributed by atoms with van der Waals surface area (Å²) in [6, 6.07) is 17.6. The molecule has 3 heteroatoms. The molecule has 114 valence electrons. The van der Waals surface area contributed by atoms with E-state index in [2.05, 4.69) is 12.1 Å². The summed E-state index contributed by atoms with van der Waals surface area (Å²) < 4.78 is 11.1. The lowest BCUT2D eigenvalue weighted by Crippen LogP contribution is -2.23. The van der Waals surface area contributed by atoms with Crippen LogP contribution in [-0.4, -0.2) is 11.6 Å². The number of benzene rings is 2. The molecule has 1 aliphatic rings. The van der Waals surface area contributed by atoms with E-state index in [-0.39, 0.29) is 18.2 Å². The molecule has 3 nitrogen and oxygen atoms in total. The fraction of sp³-hybridized carbons (Fsp3) is 0.316. The molecule has 1 heterocycles. The van der Waals surface area contributed by atoms with Crippen molar-refractivity contribution >= 4 is 5.97 Å². The van der Waals surface area contributed by atoms with E-state index in [9.17, 15) is 4.79 Å². The first-order valence-corrected chi connectivity index (χ1v) is 7.48. The normalized spacial score (nSPS) is 20.5. The van der Waals surface area contributed by atoms with Gasteiger partial charge >= 0.3 is 5.97 Å². The minimum Gasteiger partial charge on any atom is -0.456 e. The molecular weight excluding hydrogens is 276 g/mol. The monoisotopic (exact) mass is 296 g/mol. The number of rotatable bonds is 3. The number of ether oxygens (including phenoxy) is 2. The summed E-state index contributed by atoms with van der Waals surface area (Å²) in [4.78, 5) is 12.0. The van der Waals surface area contributed by atoms with Crippen molar-refractivity contribution in [3.8, 4) is 0 Å². The Hall–Kier alpha value is -2.13. The first-order valence-electron chi connectivity index (χ1n) is 7.48. The van der Waals surface area contributed by atoms with Gasteiger partial charge in [-0.3, -0.25) is 0 Å². The van der Waals surface area contributed by atoms with E-state index in [1.54, 1.807) is 12.1 Å². The Balaban J connectivity index is 1.67. The maximum atomic E-state index is 12.0. The predicted octanol–water partition coefficient (Wildman–Crippen LogP) is 4.45. The highest BCUT2D eigenvalue weighted by Gasteiger charge is 2.41. The molecule has 2 aromatic carbocycles. The van der Waals surface area contributed by atoms with Crippen LogP contribution in [0.2, 0.25) is 0 Å². The Morgan fingerprint density at radius 2 is 1.45 bits per heavy atom. The van der Waals surface area contributed by atoms with Crippen molar-refractivity contribution in [2.75, 3.05) is 0 Å². The summed E-state index contributed by atoms with van der Waals surface area (Å²) in [6.07, 6.45) is 0.198. The van der Waals surface area contributed by atoms with Crippen molar-refractivity contribution in [3.63, 3.8) is 0 Å². The van der Waals surface area contributed by atoms with E-state index < -0.39 is 5.60 Å². The Bertz CT molecular complexity index is 653. The smallest absolute Gasteiger partial charge is 0.338 e. The second kappa shape index (κ2) is 5.58. The third-order valence-corrected chi connectivity index (χ3v) is 3.49. The topological polar surface area (TPSA) is 38.8 Å². The number of hydrogen-bond donors (Lipinski definition) is 0. The molecule has 0 unspecified atom stereocenters. The zero-order valence-corrected chi connectivity index (χ0v) is 13.1. The van der Waals surface area contributed by atoms with Crippen LogP contribution < -0.4 is 0 Å². The van der Waals surface area contributed by atoms with Crippen molar-refractivity contribution in [2.24, 2.45) is 0 Å². The highest BCUT2D eigenvalue weighted by Crippen LogP contribution is 2.50. The van der Waals surface area contributed by atoms with Crippen LogP contribution in [0.1, 0.15) is 54.5 Å². The number of carbonyl (C=O) groups is 1. The summed E-state index contributed by atoms with van der Waals surface area (Å²) in [7, 11) is 0. The first kappa shape index (κ1) is 14.8. The van der Waals surface area contributed by atoms with Crippen LogP contribution in [0.15, 0.2) is 54.6 Å². The largest absolute Gasteiger partial charge is 0.456 e. The highest BCUT2D eigenvalue weighted by molar-refractivity contribution is 5.89. The maximum absolute atomic E-state index is 12.0. The summed E-state index contributed by atoms with van der Waals surface area (Å²) >= 11 is 0. The highest BCUT2D eigenvalue weighted by atomic mass is 16.6. The van der Waals surface area contributed by atoms with Crippen molar-refractivity contribution in [3.05, 3.63) is 71.3 Å². The average molecular weight is 296 g/mol. The van der Waals surface area contributed by atoms with Crippen molar-refractivity contribution in [1.29, 1.82) is 0 Å². The van der Waals surface area contributed by atoms with E-state index in [1.807, 2.05) is 51.1 Å². The standard InChI is InChI=1S/C19H20O3/c1-19(2,3)22-18(20)15-11-9-14(10-12-15)17-16(21-17)13-7-5-4-6-8-13/h4-12,16-17H,1-3H3/t16-,17+/m0/s1. The van der Waals surface area contributed by atoms with Gasteiger partial charge in [0.1, 0.15) is 17.8 Å². The Kier molecular flexibility index (Phi) is 3.75. The van der Waals surface area contributed by atoms with Gasteiger partial charge in [-0.2, -0.15) is 0 Å². The predicted molar refractivity (Wildman–Crippen MR) is 84.6 cm³/mol. The van der Waals surface area contributed by atoms with Gasteiger partial charge in [0.2, 0.25) is 0 Å². The number of carbonyl (C=O) groups excluding carboxylic acids is 1. The molecule has 2 atom stereocenters. The fourth-order valence-electron chi connectivity index (χ4n) is 2.41. The van der Waals surface area contributed by atoms with Crippen LogP contribution in [0.5, 0.6) is 0 Å². The van der Waals surface area contributed by atoms with Gasteiger partial charge in [-0.05, 0) is 44.0 Å². The van der Waals surface area contributed by atoms with Gasteiger partial charge in [0.05, 0.1) is 5.56 Å². The summed E-state index contributed by atoms with van der Waals surface area (Å²) in [5.74, 6) is -0.296. The van der Waals surface area contributed by atoms with E-state index in [0.29, 0.717) is 5.56 Å². The molecule has 1 saturated heterocycles. The number of epoxide rings is 1. The molecule has 22 heavy (non-hydrogen) atoms. The molecule has 0 N–H and O–H groups in total. The van der Waals surface area contributed by atoms with Crippen LogP contribution in [0, 0.1) is 0 Å². The Morgan fingerprint density at radius 3 is 2.00 bits per heavy atom. The molecule has 2 aromatic rings. The van der Waals surface area contributed by atoms with Crippen LogP contribution >= 0.6 is 0 Å². The van der Waals surface area contributed by atoms with Crippen molar-refractivity contribution in [2.45, 2.75) is 38.6 Å². The van der Waals surface area contributed by atoms with Crippen molar-refractivity contribution in [1.82, 2.24) is 0 Å². The van der Waals surface area contributed by atoms with E-state index in [1.165, 1.54) is 5.56 Å². The lowest BCUT2D eigenvalue weighted by atomic mass is 10.0. The van der Waals surface area contributed by atoms with Gasteiger partial charge in [0.15, 0.2) is 0 Å². The molecule has 0 spiro atoms. The van der Waals surface area contributed by atoms with Gasteiger partial charge in [0.25, 0.3) is 0 Å². The first-order chi connectivity index (χ1) is 10.4. The molecule has 0 saturated carbocycles. The fourth-order valence-corrected chi connectivity index (χ4v) is 2.41. The molecule has 1 fully saturated rings. The minimum atomic E-state index is -0.478. The van der Waals surface area contributed by atoms with Crippen LogP contribution in [0.25, 0.3) is 0 Å². The lowest BCUT2D eigenvalue weighted by molar-refractivity contribution is 0.00695. The third-order valence-electron chi connectivity index (χ3n) is 3.49. The minimum absolute atomic E-state index is 0.0788. The molecular formula is C19H20O3. The van der Waals surface area contributed by atoms with Gasteiger partial charge in [-0.1, -0.05) is 42.5 Å². The quantitative estimate of drug-likeness (QED) is 0.620. The summed E-state index contributed by atoms with van der Waals surface area (Å²) in [5.41, 5.74) is 2.36. The molecule has 0 aliphatic carbocycles. The SMILES string of the molecule is CC(C)(C)OC(=O)c1ccc([C@H]2O[C@H]2c2ccccc2)cc1. The van der Waals surface area contributed by atoms with Crippen LogP contribution in [-0.2, 0) is 9.47 Å². The van der Waals surface area contributed by atoms with Gasteiger partial charge < -0.3 is 9.47 Å². The number of hydrogen-bond acceptors (Lipinski definition) is 3. The molecule has 1 aliphatic heterocycles. The van der Waals surface area contributed by atoms with Crippen LogP contribution in [0.4, 0.5) is 0 Å². The van der Waals surface area contributed by atoms with E-state index >= 15 is 0 Å². The second-order valence-corrected chi connectivity index (χ2v) is 6.51. The molecule has 3 rings (SSSR count). The molecule has 0 bridgehead atoms. The van der Waals surface area contributed by atoms with Crippen LogP contribution in [0.3, 0.4) is 0 Å². The maximum Gasteiger partial charge on any atom is 0.338 e. The lowest BCUT2D eigenvalue weighted by Gasteiger charge is -2.19. The molecule has 0 amide bonds. The van der Waals surface area contributed by atoms with Gasteiger partial charge in [-0.15, -0.1) is 0 Å². The summed E-state index contributed by atoms with van der Waals surface area (Å²) in [5, 5.41) is 0. The third kappa shape index (κ3) is 3.37. The second-order valence-electron chi connectivity index (χ2n) is 6.51. The Morgan fingerprint density at radius 1 is 0.909 bits per heavy atom. The zero-order valence-electron chi connectivity index (χ0n) is 13.1. The van der Waals surface area contributed by atoms with Gasteiger partial charge in [-0.25, -0.2) is 4.79 Å². The van der Waals surface area contributed by atoms with E-state index in [4.69, 9.17) is 9.47 Å². The average Bonchev–Trinajstić information content (AvgIpc) is 3.27. The zero-order chi connectivity index (χ0) is 15.7. The van der Waals surface area contributed by atoms with Gasteiger partial charge in [0, 0.05) is 0 Å². The molecule has 0 radical (unpaired) electrons. The number of esters is 1. The Labute approximate surface area is 130 Å².